The first-order valence-electron chi connectivity index (χ1n) is 5.02. The van der Waals surface area contributed by atoms with E-state index in [2.05, 4.69) is 16.8 Å². The van der Waals surface area contributed by atoms with Crippen LogP contribution in [0.4, 0.5) is 0 Å². The van der Waals surface area contributed by atoms with Gasteiger partial charge in [0.05, 0.1) is 19.7 Å². The number of ether oxygens (including phenoxy) is 1. The zero-order chi connectivity index (χ0) is 11.3. The summed E-state index contributed by atoms with van der Waals surface area (Å²) in [6, 6.07) is -0.331. The van der Waals surface area contributed by atoms with Crippen molar-refractivity contribution in [2.75, 3.05) is 7.11 Å². The van der Waals surface area contributed by atoms with E-state index in [1.807, 2.05) is 10.9 Å². The van der Waals surface area contributed by atoms with Gasteiger partial charge in [0.15, 0.2) is 0 Å². The van der Waals surface area contributed by atoms with Crippen molar-refractivity contribution in [3.63, 3.8) is 0 Å². The van der Waals surface area contributed by atoms with E-state index in [4.69, 9.17) is 5.73 Å². The molecule has 1 aromatic heterocycles. The van der Waals surface area contributed by atoms with Gasteiger partial charge in [0.2, 0.25) is 0 Å². The highest BCUT2D eigenvalue weighted by atomic mass is 16.5. The van der Waals surface area contributed by atoms with Crippen LogP contribution in [0.3, 0.4) is 0 Å². The summed E-state index contributed by atoms with van der Waals surface area (Å²) >= 11 is 0. The molecule has 0 saturated carbocycles. The Labute approximate surface area is 89.2 Å². The molecular weight excluding hydrogens is 194 g/mol. The van der Waals surface area contributed by atoms with E-state index in [9.17, 15) is 4.79 Å². The number of esters is 1. The van der Waals surface area contributed by atoms with Crippen LogP contribution in [-0.4, -0.2) is 22.9 Å². The van der Waals surface area contributed by atoms with Gasteiger partial charge in [0.1, 0.15) is 0 Å². The molecule has 0 radical (unpaired) electrons. The molecule has 1 aromatic rings. The van der Waals surface area contributed by atoms with E-state index in [1.165, 1.54) is 7.11 Å². The highest BCUT2D eigenvalue weighted by molar-refractivity contribution is 5.70. The monoisotopic (exact) mass is 211 g/mol. The van der Waals surface area contributed by atoms with Crippen molar-refractivity contribution in [1.29, 1.82) is 0 Å². The van der Waals surface area contributed by atoms with Crippen LogP contribution in [0, 0.1) is 0 Å². The predicted octanol–water partition coefficient (Wildman–Crippen LogP) is 0.856. The number of nitrogens with two attached hydrogens (primary N) is 1. The quantitative estimate of drug-likeness (QED) is 0.733. The summed E-state index contributed by atoms with van der Waals surface area (Å²) in [4.78, 5) is 11.0. The van der Waals surface area contributed by atoms with Crippen LogP contribution in [0.15, 0.2) is 12.4 Å². The van der Waals surface area contributed by atoms with E-state index in [1.54, 1.807) is 6.20 Å². The molecule has 0 fully saturated rings. The molecule has 0 aliphatic heterocycles. The minimum atomic E-state index is -0.331. The zero-order valence-electron chi connectivity index (χ0n) is 9.14. The molecule has 0 spiro atoms. The summed E-state index contributed by atoms with van der Waals surface area (Å²) in [5.41, 5.74) is 6.70. The summed E-state index contributed by atoms with van der Waals surface area (Å²) in [6.07, 6.45) is 4.78. The average molecular weight is 211 g/mol. The fraction of sp³-hybridized carbons (Fsp3) is 0.600. The molecule has 1 atom stereocenters. The Hall–Kier alpha value is -1.36. The summed E-state index contributed by atoms with van der Waals surface area (Å²) in [5.74, 6) is -0.300. The van der Waals surface area contributed by atoms with Crippen molar-refractivity contribution in [2.45, 2.75) is 32.4 Å². The standard InChI is InChI=1S/C10H17N3O2/c1-3-4-13-7-8(6-12-13)9(11)5-10(14)15-2/h6-7,9H,3-5,11H2,1-2H3/t9-/m0/s1. The third kappa shape index (κ3) is 3.36. The molecule has 0 saturated heterocycles. The molecular formula is C10H17N3O2. The topological polar surface area (TPSA) is 70.1 Å². The first-order valence-corrected chi connectivity index (χ1v) is 5.02. The Kier molecular flexibility index (Phi) is 4.30. The molecule has 0 aliphatic carbocycles. The van der Waals surface area contributed by atoms with E-state index in [0.717, 1.165) is 18.5 Å². The van der Waals surface area contributed by atoms with Crippen molar-refractivity contribution in [2.24, 2.45) is 5.73 Å². The van der Waals surface area contributed by atoms with Gasteiger partial charge in [-0.15, -0.1) is 0 Å². The number of nitrogens with zero attached hydrogens (tertiary/aromatic N) is 2. The molecule has 0 aromatic carbocycles. The molecule has 1 rings (SSSR count). The zero-order valence-corrected chi connectivity index (χ0v) is 9.14. The second-order valence-electron chi connectivity index (χ2n) is 3.42. The van der Waals surface area contributed by atoms with Crippen LogP contribution in [0.25, 0.3) is 0 Å². The van der Waals surface area contributed by atoms with Gasteiger partial charge in [-0.05, 0) is 6.42 Å². The average Bonchev–Trinajstić information content (AvgIpc) is 2.67. The molecule has 5 heteroatoms. The molecule has 15 heavy (non-hydrogen) atoms. The number of aryl methyl sites for hydroxylation is 1. The van der Waals surface area contributed by atoms with E-state index < -0.39 is 0 Å². The van der Waals surface area contributed by atoms with Crippen LogP contribution in [-0.2, 0) is 16.1 Å². The van der Waals surface area contributed by atoms with E-state index in [0.29, 0.717) is 0 Å². The van der Waals surface area contributed by atoms with Crippen molar-refractivity contribution in [1.82, 2.24) is 9.78 Å². The molecule has 5 nitrogen and oxygen atoms in total. The third-order valence-electron chi connectivity index (χ3n) is 2.15. The maximum absolute atomic E-state index is 11.0. The van der Waals surface area contributed by atoms with Crippen molar-refractivity contribution in [3.8, 4) is 0 Å². The van der Waals surface area contributed by atoms with Crippen LogP contribution >= 0.6 is 0 Å². The van der Waals surface area contributed by atoms with Crippen LogP contribution in [0.1, 0.15) is 31.4 Å². The maximum atomic E-state index is 11.0. The van der Waals surface area contributed by atoms with Crippen LogP contribution < -0.4 is 5.73 Å². The number of methoxy groups -OCH3 is 1. The summed E-state index contributed by atoms with van der Waals surface area (Å²) in [7, 11) is 1.36. The molecule has 0 unspecified atom stereocenters. The SMILES string of the molecule is CCCn1cc([C@@H](N)CC(=O)OC)cn1. The van der Waals surface area contributed by atoms with Crippen molar-refractivity contribution in [3.05, 3.63) is 18.0 Å². The predicted molar refractivity (Wildman–Crippen MR) is 56.1 cm³/mol. The highest BCUT2D eigenvalue weighted by Gasteiger charge is 2.13. The second kappa shape index (κ2) is 5.50. The smallest absolute Gasteiger partial charge is 0.307 e. The maximum Gasteiger partial charge on any atom is 0.307 e. The van der Waals surface area contributed by atoms with Gasteiger partial charge >= 0.3 is 5.97 Å². The Balaban J connectivity index is 2.57. The molecule has 0 bridgehead atoms. The molecule has 2 N–H and O–H groups in total. The molecule has 1 heterocycles. The number of hydrogen-bond donors (Lipinski definition) is 1. The second-order valence-corrected chi connectivity index (χ2v) is 3.42. The number of rotatable bonds is 5. The van der Waals surface area contributed by atoms with Crippen LogP contribution in [0.5, 0.6) is 0 Å². The Morgan fingerprint density at radius 3 is 3.07 bits per heavy atom. The minimum absolute atomic E-state index is 0.189. The van der Waals surface area contributed by atoms with Gasteiger partial charge in [-0.2, -0.15) is 5.10 Å². The molecule has 0 amide bonds. The number of carbonyl (C=O) groups excluding carboxylic acids is 1. The third-order valence-corrected chi connectivity index (χ3v) is 2.15. The first kappa shape index (κ1) is 11.7. The lowest BCUT2D eigenvalue weighted by Gasteiger charge is -2.06. The number of hydrogen-bond acceptors (Lipinski definition) is 4. The van der Waals surface area contributed by atoms with Crippen molar-refractivity contribution < 1.29 is 9.53 Å². The molecule has 0 aliphatic rings. The number of carbonyl (C=O) groups is 1. The van der Waals surface area contributed by atoms with Crippen LogP contribution in [0.2, 0.25) is 0 Å². The van der Waals surface area contributed by atoms with Gasteiger partial charge in [-0.3, -0.25) is 9.48 Å². The highest BCUT2D eigenvalue weighted by Crippen LogP contribution is 2.13. The molecule has 84 valence electrons. The Morgan fingerprint density at radius 1 is 1.73 bits per heavy atom. The Morgan fingerprint density at radius 2 is 2.47 bits per heavy atom. The summed E-state index contributed by atoms with van der Waals surface area (Å²) in [5, 5.41) is 4.14. The Bertz CT molecular complexity index is 322. The summed E-state index contributed by atoms with van der Waals surface area (Å²) in [6.45, 7) is 2.95. The number of aromatic nitrogens is 2. The van der Waals surface area contributed by atoms with Gasteiger partial charge in [-0.25, -0.2) is 0 Å². The fourth-order valence-corrected chi connectivity index (χ4v) is 1.30. The fourth-order valence-electron chi connectivity index (χ4n) is 1.30. The van der Waals surface area contributed by atoms with E-state index in [-0.39, 0.29) is 18.4 Å². The van der Waals surface area contributed by atoms with Gasteiger partial charge in [0.25, 0.3) is 0 Å². The van der Waals surface area contributed by atoms with E-state index >= 15 is 0 Å². The lowest BCUT2D eigenvalue weighted by atomic mass is 10.1. The lowest BCUT2D eigenvalue weighted by molar-refractivity contribution is -0.141. The lowest BCUT2D eigenvalue weighted by Crippen LogP contribution is -2.15. The summed E-state index contributed by atoms with van der Waals surface area (Å²) < 4.78 is 6.38. The van der Waals surface area contributed by atoms with Gasteiger partial charge in [0, 0.05) is 24.3 Å². The van der Waals surface area contributed by atoms with Gasteiger partial charge in [-0.1, -0.05) is 6.92 Å². The largest absolute Gasteiger partial charge is 0.469 e. The van der Waals surface area contributed by atoms with Crippen molar-refractivity contribution >= 4 is 5.97 Å². The van der Waals surface area contributed by atoms with Gasteiger partial charge < -0.3 is 10.5 Å². The first-order chi connectivity index (χ1) is 7.17. The minimum Gasteiger partial charge on any atom is -0.469 e. The normalized spacial score (nSPS) is 12.5.